The Morgan fingerprint density at radius 3 is 2.74 bits per heavy atom. The maximum atomic E-state index is 12.4. The van der Waals surface area contributed by atoms with Crippen molar-refractivity contribution >= 4 is 15.9 Å². The Hall–Kier alpha value is -1.71. The molecular weight excluding hydrogens is 332 g/mol. The average Bonchev–Trinajstić information content (AvgIpc) is 3.14. The summed E-state index contributed by atoms with van der Waals surface area (Å²) in [4.78, 5) is 12.1. The highest BCUT2D eigenvalue weighted by atomic mass is 32.2. The number of carbonyl (C=O) groups is 1. The maximum absolute atomic E-state index is 12.4. The molecule has 3 rings (SSSR count). The number of fused-ring (bicyclic) bond motifs is 2. The van der Waals surface area contributed by atoms with E-state index in [0.717, 1.165) is 30.0 Å². The highest BCUT2D eigenvalue weighted by Crippen LogP contribution is 2.47. The first-order valence-corrected chi connectivity index (χ1v) is 8.85. The van der Waals surface area contributed by atoms with Crippen LogP contribution in [0.15, 0.2) is 6.07 Å². The molecule has 1 aromatic heterocycles. The minimum absolute atomic E-state index is 0.0896. The first-order valence-electron chi connectivity index (χ1n) is 7.31. The number of hydrogen-bond acceptors (Lipinski definition) is 5. The Morgan fingerprint density at radius 1 is 1.43 bits per heavy atom. The van der Waals surface area contributed by atoms with E-state index in [2.05, 4.69) is 9.84 Å². The SMILES string of the molecule is Cn1nc(C(=O)NS(=O)(=O)C2C[C@@H]3CC[C@H]2C3)cc1OC(F)F. The second-order valence-electron chi connectivity index (χ2n) is 6.06. The van der Waals surface area contributed by atoms with E-state index < -0.39 is 27.8 Å². The van der Waals surface area contributed by atoms with E-state index in [1.54, 1.807) is 0 Å². The normalized spacial score (nSPS) is 26.7. The van der Waals surface area contributed by atoms with Crippen LogP contribution < -0.4 is 9.46 Å². The van der Waals surface area contributed by atoms with Crippen LogP contribution in [0.2, 0.25) is 0 Å². The third kappa shape index (κ3) is 3.17. The van der Waals surface area contributed by atoms with Gasteiger partial charge in [0.15, 0.2) is 5.69 Å². The molecule has 1 heterocycles. The van der Waals surface area contributed by atoms with Crippen molar-refractivity contribution in [3.05, 3.63) is 11.8 Å². The number of ether oxygens (including phenoxy) is 1. The number of halogens is 2. The summed E-state index contributed by atoms with van der Waals surface area (Å²) in [6.07, 6.45) is 3.35. The number of sulfonamides is 1. The van der Waals surface area contributed by atoms with Gasteiger partial charge in [-0.3, -0.25) is 4.79 Å². The minimum atomic E-state index is -3.80. The molecule has 7 nitrogen and oxygen atoms in total. The molecule has 2 bridgehead atoms. The zero-order valence-electron chi connectivity index (χ0n) is 12.4. The number of rotatable bonds is 5. The molecule has 10 heteroatoms. The summed E-state index contributed by atoms with van der Waals surface area (Å²) in [5, 5.41) is 3.14. The summed E-state index contributed by atoms with van der Waals surface area (Å²) in [5.41, 5.74) is -0.283. The second kappa shape index (κ2) is 5.73. The number of nitrogens with zero attached hydrogens (tertiary/aromatic N) is 2. The molecule has 128 valence electrons. The van der Waals surface area contributed by atoms with Crippen molar-refractivity contribution in [2.24, 2.45) is 18.9 Å². The van der Waals surface area contributed by atoms with E-state index in [1.165, 1.54) is 7.05 Å². The van der Waals surface area contributed by atoms with Crippen LogP contribution in [0.1, 0.15) is 36.2 Å². The molecule has 0 aromatic carbocycles. The number of hydrogen-bond donors (Lipinski definition) is 1. The number of amides is 1. The van der Waals surface area contributed by atoms with Gasteiger partial charge in [0.2, 0.25) is 15.9 Å². The summed E-state index contributed by atoms with van der Waals surface area (Å²) in [6, 6.07) is 0.984. The van der Waals surface area contributed by atoms with Gasteiger partial charge in [0, 0.05) is 13.1 Å². The molecular formula is C13H17F2N3O4S. The fraction of sp³-hybridized carbons (Fsp3) is 0.692. The third-order valence-corrected chi connectivity index (χ3v) is 6.43. The van der Waals surface area contributed by atoms with Gasteiger partial charge < -0.3 is 4.74 Å². The van der Waals surface area contributed by atoms with Gasteiger partial charge in [-0.15, -0.1) is 0 Å². The Kier molecular flexibility index (Phi) is 4.03. The highest BCUT2D eigenvalue weighted by molar-refractivity contribution is 7.90. The molecule has 0 aliphatic heterocycles. The second-order valence-corrected chi connectivity index (χ2v) is 7.96. The quantitative estimate of drug-likeness (QED) is 0.864. The van der Waals surface area contributed by atoms with Crippen molar-refractivity contribution in [1.29, 1.82) is 0 Å². The lowest BCUT2D eigenvalue weighted by Gasteiger charge is -2.21. The number of aryl methyl sites for hydroxylation is 1. The Morgan fingerprint density at radius 2 is 2.17 bits per heavy atom. The molecule has 0 radical (unpaired) electrons. The fourth-order valence-electron chi connectivity index (χ4n) is 3.59. The largest absolute Gasteiger partial charge is 0.417 e. The van der Waals surface area contributed by atoms with E-state index in [4.69, 9.17) is 0 Å². The molecule has 1 aromatic rings. The van der Waals surface area contributed by atoms with Crippen molar-refractivity contribution in [3.8, 4) is 5.88 Å². The van der Waals surface area contributed by atoms with Gasteiger partial charge in [-0.1, -0.05) is 6.42 Å². The molecule has 1 unspecified atom stereocenters. The van der Waals surface area contributed by atoms with Crippen LogP contribution in [0.25, 0.3) is 0 Å². The zero-order valence-corrected chi connectivity index (χ0v) is 13.2. The van der Waals surface area contributed by atoms with E-state index in [-0.39, 0.29) is 17.5 Å². The molecule has 0 saturated heterocycles. The smallest absolute Gasteiger partial charge is 0.388 e. The van der Waals surface area contributed by atoms with Crippen LogP contribution in [-0.2, 0) is 17.1 Å². The summed E-state index contributed by atoms with van der Waals surface area (Å²) < 4.78 is 56.3. The minimum Gasteiger partial charge on any atom is -0.417 e. The van der Waals surface area contributed by atoms with Crippen molar-refractivity contribution < 1.29 is 26.7 Å². The summed E-state index contributed by atoms with van der Waals surface area (Å²) in [6.45, 7) is -3.06. The lowest BCUT2D eigenvalue weighted by atomic mass is 10.0. The lowest BCUT2D eigenvalue weighted by molar-refractivity contribution is -0.0553. The van der Waals surface area contributed by atoms with Crippen molar-refractivity contribution in [2.75, 3.05) is 0 Å². The fourth-order valence-corrected chi connectivity index (χ4v) is 5.38. The Labute approximate surface area is 132 Å². The van der Waals surface area contributed by atoms with Crippen LogP contribution in [-0.4, -0.2) is 36.0 Å². The van der Waals surface area contributed by atoms with Crippen LogP contribution >= 0.6 is 0 Å². The first kappa shape index (κ1) is 16.2. The van der Waals surface area contributed by atoms with E-state index in [9.17, 15) is 22.0 Å². The summed E-state index contributed by atoms with van der Waals surface area (Å²) in [5.74, 6) is -0.751. The zero-order chi connectivity index (χ0) is 16.8. The molecule has 0 spiro atoms. The van der Waals surface area contributed by atoms with Gasteiger partial charge in [-0.25, -0.2) is 17.8 Å². The van der Waals surface area contributed by atoms with Crippen molar-refractivity contribution in [1.82, 2.24) is 14.5 Å². The topological polar surface area (TPSA) is 90.3 Å². The maximum Gasteiger partial charge on any atom is 0.388 e. The van der Waals surface area contributed by atoms with E-state index in [0.29, 0.717) is 12.3 Å². The van der Waals surface area contributed by atoms with Crippen LogP contribution in [0.3, 0.4) is 0 Å². The van der Waals surface area contributed by atoms with E-state index in [1.807, 2.05) is 4.72 Å². The lowest BCUT2D eigenvalue weighted by Crippen LogP contribution is -2.41. The highest BCUT2D eigenvalue weighted by Gasteiger charge is 2.46. The molecule has 2 saturated carbocycles. The number of alkyl halides is 2. The number of nitrogens with one attached hydrogen (secondary N) is 1. The van der Waals surface area contributed by atoms with Gasteiger partial charge >= 0.3 is 6.61 Å². The molecule has 2 aliphatic carbocycles. The molecule has 1 amide bonds. The number of aromatic nitrogens is 2. The van der Waals surface area contributed by atoms with Crippen LogP contribution in [0.4, 0.5) is 8.78 Å². The third-order valence-electron chi connectivity index (χ3n) is 4.59. The van der Waals surface area contributed by atoms with E-state index >= 15 is 0 Å². The van der Waals surface area contributed by atoms with Gasteiger partial charge in [0.1, 0.15) is 0 Å². The predicted molar refractivity (Wildman–Crippen MR) is 75.5 cm³/mol. The van der Waals surface area contributed by atoms with Crippen molar-refractivity contribution in [2.45, 2.75) is 37.5 Å². The Balaban J connectivity index is 1.71. The van der Waals surface area contributed by atoms with Crippen molar-refractivity contribution in [3.63, 3.8) is 0 Å². The summed E-state index contributed by atoms with van der Waals surface area (Å²) in [7, 11) is -2.48. The molecule has 23 heavy (non-hydrogen) atoms. The standard InChI is InChI=1S/C13H17F2N3O4S/c1-18-11(22-13(14)15)6-9(16-18)12(19)17-23(20,21)10-5-7-2-3-8(10)4-7/h6-8,10,13H,2-5H2,1H3,(H,17,19)/t7-,8+,10?/m1/s1. The van der Waals surface area contributed by atoms with Gasteiger partial charge in [0.25, 0.3) is 5.91 Å². The van der Waals surface area contributed by atoms with Gasteiger partial charge in [-0.2, -0.15) is 13.9 Å². The Bertz CT molecular complexity index is 719. The summed E-state index contributed by atoms with van der Waals surface area (Å²) >= 11 is 0. The monoisotopic (exact) mass is 349 g/mol. The van der Waals surface area contributed by atoms with Gasteiger partial charge in [0.05, 0.1) is 5.25 Å². The molecule has 2 aliphatic rings. The predicted octanol–water partition coefficient (Wildman–Crippen LogP) is 1.27. The van der Waals surface area contributed by atoms with Gasteiger partial charge in [-0.05, 0) is 31.1 Å². The van der Waals surface area contributed by atoms with Crippen LogP contribution in [0.5, 0.6) is 5.88 Å². The molecule has 1 N–H and O–H groups in total. The first-order chi connectivity index (χ1) is 10.8. The molecule has 3 atom stereocenters. The molecule has 2 fully saturated rings. The van der Waals surface area contributed by atoms with Crippen LogP contribution in [0, 0.1) is 11.8 Å². The average molecular weight is 349 g/mol. The number of carbonyl (C=O) groups excluding carboxylic acids is 1.